The van der Waals surface area contributed by atoms with E-state index in [-0.39, 0.29) is 0 Å². The van der Waals surface area contributed by atoms with E-state index in [1.807, 2.05) is 0 Å². The van der Waals surface area contributed by atoms with Gasteiger partial charge >= 0.3 is 0 Å². The van der Waals surface area contributed by atoms with Gasteiger partial charge in [0, 0.05) is 12.1 Å². The average Bonchev–Trinajstić information content (AvgIpc) is 1.98. The zero-order valence-electron chi connectivity index (χ0n) is 8.43. The maximum absolute atomic E-state index is 5.99. The molecule has 0 spiro atoms. The van der Waals surface area contributed by atoms with Crippen LogP contribution in [-0.4, -0.2) is 28.1 Å². The van der Waals surface area contributed by atoms with Crippen molar-refractivity contribution < 1.29 is 9.16 Å². The highest BCUT2D eigenvalue weighted by atomic mass is 28.4. The summed E-state index contributed by atoms with van der Waals surface area (Å²) in [4.78, 5) is 0. The fourth-order valence-corrected chi connectivity index (χ4v) is 4.06. The summed E-state index contributed by atoms with van der Waals surface area (Å²) in [5, 5.41) is 0. The Morgan fingerprint density at radius 1 is 1.42 bits per heavy atom. The van der Waals surface area contributed by atoms with E-state index in [4.69, 9.17) is 9.16 Å². The van der Waals surface area contributed by atoms with Gasteiger partial charge in [-0.15, -0.1) is 0 Å². The van der Waals surface area contributed by atoms with E-state index in [0.29, 0.717) is 0 Å². The second kappa shape index (κ2) is 4.39. The second-order valence-electron chi connectivity index (χ2n) is 3.75. The van der Waals surface area contributed by atoms with Crippen molar-refractivity contribution >= 4 is 8.32 Å². The minimum absolute atomic E-state index is 0.758. The Morgan fingerprint density at radius 3 is 2.42 bits per heavy atom. The number of ether oxygens (including phenoxy) is 1. The van der Waals surface area contributed by atoms with Crippen molar-refractivity contribution in [3.05, 3.63) is 0 Å². The molecule has 0 N–H and O–H groups in total. The maximum atomic E-state index is 5.99. The van der Waals surface area contributed by atoms with E-state index >= 15 is 0 Å². The van der Waals surface area contributed by atoms with Gasteiger partial charge in [0.1, 0.15) is 0 Å². The van der Waals surface area contributed by atoms with E-state index in [1.54, 1.807) is 0 Å². The van der Waals surface area contributed by atoms with E-state index in [9.17, 15) is 0 Å². The molecule has 1 saturated heterocycles. The summed E-state index contributed by atoms with van der Waals surface area (Å²) in [5.41, 5.74) is 0.758. The smallest absolute Gasteiger partial charge is 0.197 e. The van der Waals surface area contributed by atoms with Crippen molar-refractivity contribution in [2.24, 2.45) is 0 Å². The van der Waals surface area contributed by atoms with Crippen molar-refractivity contribution in [2.45, 2.75) is 38.4 Å². The highest BCUT2D eigenvalue weighted by Crippen LogP contribution is 2.33. The fraction of sp³-hybridized carbons (Fsp3) is 1.00. The minimum atomic E-state index is -1.39. The lowest BCUT2D eigenvalue weighted by Crippen LogP contribution is -2.48. The predicted molar refractivity (Wildman–Crippen MR) is 52.9 cm³/mol. The molecule has 1 unspecified atom stereocenters. The van der Waals surface area contributed by atoms with Gasteiger partial charge in [-0.3, -0.25) is 0 Å². The van der Waals surface area contributed by atoms with Crippen LogP contribution in [-0.2, 0) is 9.16 Å². The summed E-state index contributed by atoms with van der Waals surface area (Å²) >= 11 is 0. The largest absolute Gasteiger partial charge is 0.417 e. The summed E-state index contributed by atoms with van der Waals surface area (Å²) in [5.74, 6) is 0. The highest BCUT2D eigenvalue weighted by Gasteiger charge is 2.41. The summed E-state index contributed by atoms with van der Waals surface area (Å²) in [6, 6.07) is 1.22. The lowest BCUT2D eigenvalue weighted by molar-refractivity contribution is 0.0244. The summed E-state index contributed by atoms with van der Waals surface area (Å²) in [6.45, 7) is 9.59. The van der Waals surface area contributed by atoms with Crippen LogP contribution in [0.4, 0.5) is 0 Å². The van der Waals surface area contributed by atoms with Crippen molar-refractivity contribution in [3.8, 4) is 0 Å². The molecule has 1 fully saturated rings. The third-order valence-electron chi connectivity index (χ3n) is 2.84. The quantitative estimate of drug-likeness (QED) is 0.617. The SMILES string of the molecule is CCCO[Si](C)(CC)C1COC1. The van der Waals surface area contributed by atoms with Crippen molar-refractivity contribution in [3.63, 3.8) is 0 Å². The molecule has 3 heteroatoms. The molecular formula is C9H20O2Si. The molecule has 12 heavy (non-hydrogen) atoms. The van der Waals surface area contributed by atoms with Crippen LogP contribution in [0.5, 0.6) is 0 Å². The summed E-state index contributed by atoms with van der Waals surface area (Å²) < 4.78 is 11.2. The van der Waals surface area contributed by atoms with Crippen molar-refractivity contribution in [2.75, 3.05) is 19.8 Å². The van der Waals surface area contributed by atoms with E-state index < -0.39 is 8.32 Å². The van der Waals surface area contributed by atoms with Crippen LogP contribution in [0, 0.1) is 0 Å². The van der Waals surface area contributed by atoms with Crippen LogP contribution >= 0.6 is 0 Å². The molecule has 0 saturated carbocycles. The molecule has 1 atom stereocenters. The lowest BCUT2D eigenvalue weighted by atomic mass is 10.4. The van der Waals surface area contributed by atoms with Gasteiger partial charge in [-0.1, -0.05) is 13.8 Å². The minimum Gasteiger partial charge on any atom is -0.417 e. The van der Waals surface area contributed by atoms with Crippen LogP contribution in [0.2, 0.25) is 18.1 Å². The predicted octanol–water partition coefficient (Wildman–Crippen LogP) is 2.41. The van der Waals surface area contributed by atoms with Crippen LogP contribution in [0.25, 0.3) is 0 Å². The summed E-state index contributed by atoms with van der Waals surface area (Å²) in [7, 11) is -1.39. The molecule has 1 aliphatic rings. The molecule has 1 rings (SSSR count). The molecule has 0 aromatic heterocycles. The fourth-order valence-electron chi connectivity index (χ4n) is 1.43. The lowest BCUT2D eigenvalue weighted by Gasteiger charge is -2.39. The molecule has 0 aliphatic carbocycles. The number of rotatable bonds is 5. The third kappa shape index (κ3) is 2.09. The summed E-state index contributed by atoms with van der Waals surface area (Å²) in [6.07, 6.45) is 1.14. The van der Waals surface area contributed by atoms with Crippen LogP contribution in [0.15, 0.2) is 0 Å². The maximum Gasteiger partial charge on any atom is 0.197 e. The normalized spacial score (nSPS) is 23.2. The van der Waals surface area contributed by atoms with Gasteiger partial charge in [-0.2, -0.15) is 0 Å². The molecule has 2 nitrogen and oxygen atoms in total. The molecule has 72 valence electrons. The zero-order valence-corrected chi connectivity index (χ0v) is 9.43. The Labute approximate surface area is 76.4 Å². The average molecular weight is 188 g/mol. The Bertz CT molecular complexity index is 136. The van der Waals surface area contributed by atoms with E-state index in [0.717, 1.165) is 31.8 Å². The van der Waals surface area contributed by atoms with Gasteiger partial charge in [0.05, 0.1) is 13.2 Å². The van der Waals surface area contributed by atoms with E-state index in [1.165, 1.54) is 6.04 Å². The molecule has 0 bridgehead atoms. The first-order chi connectivity index (χ1) is 5.73. The second-order valence-corrected chi connectivity index (χ2v) is 8.19. The standard InChI is InChI=1S/C9H20O2Si/c1-4-6-11-12(3,5-2)9-7-10-8-9/h9H,4-8H2,1-3H3. The van der Waals surface area contributed by atoms with Gasteiger partial charge in [0.25, 0.3) is 0 Å². The Morgan fingerprint density at radius 2 is 2.08 bits per heavy atom. The van der Waals surface area contributed by atoms with Crippen molar-refractivity contribution in [1.82, 2.24) is 0 Å². The topological polar surface area (TPSA) is 18.5 Å². The molecule has 0 aromatic carbocycles. The first-order valence-corrected chi connectivity index (χ1v) is 7.64. The van der Waals surface area contributed by atoms with Gasteiger partial charge in [-0.05, 0) is 19.0 Å². The number of hydrogen-bond acceptors (Lipinski definition) is 2. The zero-order chi connectivity index (χ0) is 9.03. The molecule has 1 heterocycles. The first-order valence-electron chi connectivity index (χ1n) is 4.94. The van der Waals surface area contributed by atoms with Crippen molar-refractivity contribution in [1.29, 1.82) is 0 Å². The number of hydrogen-bond donors (Lipinski definition) is 0. The third-order valence-corrected chi connectivity index (χ3v) is 7.17. The molecule has 1 aliphatic heterocycles. The van der Waals surface area contributed by atoms with Gasteiger partial charge in [0.2, 0.25) is 0 Å². The highest BCUT2D eigenvalue weighted by molar-refractivity contribution is 6.74. The molecule has 0 amide bonds. The Balaban J connectivity index is 2.37. The van der Waals surface area contributed by atoms with Gasteiger partial charge < -0.3 is 9.16 Å². The monoisotopic (exact) mass is 188 g/mol. The van der Waals surface area contributed by atoms with E-state index in [2.05, 4.69) is 20.4 Å². The Kier molecular flexibility index (Phi) is 3.74. The van der Waals surface area contributed by atoms with Gasteiger partial charge in [-0.25, -0.2) is 0 Å². The van der Waals surface area contributed by atoms with Crippen LogP contribution in [0.3, 0.4) is 0 Å². The molecule has 0 aromatic rings. The first kappa shape index (κ1) is 10.2. The Hall–Kier alpha value is 0.137. The van der Waals surface area contributed by atoms with Gasteiger partial charge in [0.15, 0.2) is 8.32 Å². The molecule has 0 radical (unpaired) electrons. The molecular weight excluding hydrogens is 168 g/mol. The van der Waals surface area contributed by atoms with Crippen LogP contribution in [0.1, 0.15) is 20.3 Å². The van der Waals surface area contributed by atoms with Crippen LogP contribution < -0.4 is 0 Å².